The number of alkyl halides is 3. The number of carbonyl (C=O) groups excluding carboxylic acids is 2. The van der Waals surface area contributed by atoms with Gasteiger partial charge in [-0.3, -0.25) is 19.4 Å². The van der Waals surface area contributed by atoms with E-state index >= 15 is 4.39 Å². The van der Waals surface area contributed by atoms with Gasteiger partial charge in [0.1, 0.15) is 5.69 Å². The molecule has 3 N–H and O–H groups in total. The summed E-state index contributed by atoms with van der Waals surface area (Å²) in [5.41, 5.74) is 1.30. The molecule has 0 aliphatic carbocycles. The Hall–Kier alpha value is -4.91. The highest BCUT2D eigenvalue weighted by molar-refractivity contribution is 7.98. The molecule has 1 saturated heterocycles. The van der Waals surface area contributed by atoms with Gasteiger partial charge in [-0.15, -0.1) is 0 Å². The van der Waals surface area contributed by atoms with Crippen molar-refractivity contribution in [2.24, 2.45) is 0 Å². The van der Waals surface area contributed by atoms with Gasteiger partial charge in [0.15, 0.2) is 5.82 Å². The van der Waals surface area contributed by atoms with Crippen LogP contribution in [0.5, 0.6) is 0 Å². The minimum Gasteiger partial charge on any atom is -0.481 e. The zero-order valence-corrected chi connectivity index (χ0v) is 27.2. The van der Waals surface area contributed by atoms with Crippen molar-refractivity contribution >= 4 is 40.9 Å². The molecule has 0 bridgehead atoms. The van der Waals surface area contributed by atoms with Crippen molar-refractivity contribution in [1.82, 2.24) is 10.3 Å². The lowest BCUT2D eigenvalue weighted by Gasteiger charge is -2.29. The first-order chi connectivity index (χ1) is 23.5. The third-order valence-corrected chi connectivity index (χ3v) is 9.02. The highest BCUT2D eigenvalue weighted by Gasteiger charge is 2.30. The van der Waals surface area contributed by atoms with Gasteiger partial charge in [-0.2, -0.15) is 24.9 Å². The lowest BCUT2D eigenvalue weighted by Crippen LogP contribution is -2.29. The maximum Gasteiger partial charge on any atom is 0.416 e. The fourth-order valence-corrected chi connectivity index (χ4v) is 6.35. The van der Waals surface area contributed by atoms with Crippen molar-refractivity contribution in [3.63, 3.8) is 0 Å². The topological polar surface area (TPSA) is 112 Å². The number of anilines is 2. The van der Waals surface area contributed by atoms with Crippen molar-refractivity contribution in [2.45, 2.75) is 44.2 Å². The van der Waals surface area contributed by atoms with E-state index in [1.54, 1.807) is 30.3 Å². The molecule has 8 nitrogen and oxygen atoms in total. The molecule has 5 rings (SSSR count). The lowest BCUT2D eigenvalue weighted by atomic mass is 10.0. The van der Waals surface area contributed by atoms with Crippen LogP contribution in [0.25, 0.3) is 11.3 Å². The Bertz CT molecular complexity index is 1830. The molecule has 1 aliphatic rings. The van der Waals surface area contributed by atoms with Crippen molar-refractivity contribution in [3.8, 4) is 11.3 Å². The van der Waals surface area contributed by atoms with Crippen LogP contribution in [0.3, 0.4) is 0 Å². The van der Waals surface area contributed by atoms with Crippen LogP contribution >= 0.6 is 11.8 Å². The number of nitrogens with one attached hydrogen (secondary N) is 2. The van der Waals surface area contributed by atoms with Crippen LogP contribution < -0.4 is 15.5 Å². The summed E-state index contributed by atoms with van der Waals surface area (Å²) in [6, 6.07) is 17.8. The predicted molar refractivity (Wildman–Crippen MR) is 181 cm³/mol. The third-order valence-electron chi connectivity index (χ3n) is 7.99. The molecule has 256 valence electrons. The molecule has 13 heteroatoms. The second kappa shape index (κ2) is 16.0. The van der Waals surface area contributed by atoms with Crippen LogP contribution in [0, 0.1) is 5.82 Å². The van der Waals surface area contributed by atoms with Crippen molar-refractivity contribution < 1.29 is 37.1 Å². The van der Waals surface area contributed by atoms with E-state index in [1.807, 2.05) is 12.1 Å². The standard InChI is InChI=1S/C36H34F4N4O4S/c37-32-28(35(48)42-21-23-6-5-9-26(19-23)36(38,39)40)12-14-41-33(32)29-20-27(44-15-2-1-3-16-44)10-11-30(29)43-34(47)25-8-4-7-24(18-25)22-49-17-13-31(45)46/h4-12,14,18-20H,1-3,13,15-17,21-22H2,(H,42,48)(H,43,47)(H,45,46). The summed E-state index contributed by atoms with van der Waals surface area (Å²) in [5, 5.41) is 14.2. The summed E-state index contributed by atoms with van der Waals surface area (Å²) < 4.78 is 55.6. The summed E-state index contributed by atoms with van der Waals surface area (Å²) in [7, 11) is 0. The molecule has 1 aliphatic heterocycles. The molecule has 2 heterocycles. The second-order valence-electron chi connectivity index (χ2n) is 11.5. The predicted octanol–water partition coefficient (Wildman–Crippen LogP) is 7.79. The number of piperidine rings is 1. The number of hydrogen-bond acceptors (Lipinski definition) is 6. The highest BCUT2D eigenvalue weighted by Crippen LogP contribution is 2.35. The van der Waals surface area contributed by atoms with E-state index in [9.17, 15) is 27.6 Å². The van der Waals surface area contributed by atoms with E-state index in [-0.39, 0.29) is 41.0 Å². The maximum absolute atomic E-state index is 16.2. The Morgan fingerprint density at radius 3 is 2.41 bits per heavy atom. The van der Waals surface area contributed by atoms with Crippen molar-refractivity contribution in [1.29, 1.82) is 0 Å². The van der Waals surface area contributed by atoms with E-state index in [4.69, 9.17) is 5.11 Å². The lowest BCUT2D eigenvalue weighted by molar-refractivity contribution is -0.138. The molecule has 4 aromatic rings. The van der Waals surface area contributed by atoms with E-state index in [1.165, 1.54) is 36.2 Å². The number of pyridine rings is 1. The van der Waals surface area contributed by atoms with Crippen LogP contribution in [0.2, 0.25) is 0 Å². The van der Waals surface area contributed by atoms with Crippen molar-refractivity contribution in [2.75, 3.05) is 29.1 Å². The zero-order chi connectivity index (χ0) is 35.0. The molecule has 1 fully saturated rings. The summed E-state index contributed by atoms with van der Waals surface area (Å²) in [5.74, 6) is -2.18. The van der Waals surface area contributed by atoms with Gasteiger partial charge in [-0.05, 0) is 78.9 Å². The highest BCUT2D eigenvalue weighted by atomic mass is 32.2. The first kappa shape index (κ1) is 35.4. The van der Waals surface area contributed by atoms with Gasteiger partial charge < -0.3 is 20.6 Å². The molecule has 2 amide bonds. The van der Waals surface area contributed by atoms with Gasteiger partial charge in [-0.1, -0.05) is 24.3 Å². The number of rotatable bonds is 12. The Labute approximate surface area is 284 Å². The SMILES string of the molecule is O=C(O)CCSCc1cccc(C(=O)Nc2ccc(N3CCCCC3)cc2-c2nccc(C(=O)NCc3cccc(C(F)(F)F)c3)c2F)c1. The number of nitrogens with zero attached hydrogens (tertiary/aromatic N) is 2. The largest absolute Gasteiger partial charge is 0.481 e. The molecule has 1 aromatic heterocycles. The summed E-state index contributed by atoms with van der Waals surface area (Å²) >= 11 is 1.44. The van der Waals surface area contributed by atoms with E-state index in [2.05, 4.69) is 20.5 Å². The van der Waals surface area contributed by atoms with Gasteiger partial charge in [0.25, 0.3) is 11.8 Å². The molecule has 0 atom stereocenters. The monoisotopic (exact) mass is 694 g/mol. The second-order valence-corrected chi connectivity index (χ2v) is 12.6. The molecule has 0 saturated carbocycles. The minimum absolute atomic E-state index is 0.0321. The van der Waals surface area contributed by atoms with Gasteiger partial charge in [-0.25, -0.2) is 4.39 Å². The molecular weight excluding hydrogens is 660 g/mol. The van der Waals surface area contributed by atoms with Crippen LogP contribution in [0.4, 0.5) is 28.9 Å². The van der Waals surface area contributed by atoms with E-state index in [0.29, 0.717) is 17.1 Å². The number of carboxylic acid groups (broad SMARTS) is 1. The Balaban J connectivity index is 1.41. The number of thioether (sulfide) groups is 1. The summed E-state index contributed by atoms with van der Waals surface area (Å²) in [4.78, 5) is 43.8. The molecule has 0 unspecified atom stereocenters. The number of halogens is 4. The quantitative estimate of drug-likeness (QED) is 0.103. The van der Waals surface area contributed by atoms with Crippen LogP contribution in [0.15, 0.2) is 79.0 Å². The fraction of sp³-hybridized carbons (Fsp3) is 0.278. The normalized spacial score (nSPS) is 13.2. The van der Waals surface area contributed by atoms with Gasteiger partial charge in [0.05, 0.1) is 23.2 Å². The number of benzene rings is 3. The summed E-state index contributed by atoms with van der Waals surface area (Å²) in [6.07, 6.45) is -0.165. The number of carboxylic acids is 1. The average Bonchev–Trinajstić information content (AvgIpc) is 3.09. The molecular formula is C36H34F4N4O4S. The van der Waals surface area contributed by atoms with E-state index in [0.717, 1.165) is 55.7 Å². The van der Waals surface area contributed by atoms with Gasteiger partial charge >= 0.3 is 12.1 Å². The van der Waals surface area contributed by atoms with Gasteiger partial charge in [0, 0.05) is 54.2 Å². The molecule has 0 radical (unpaired) electrons. The first-order valence-electron chi connectivity index (χ1n) is 15.7. The number of hydrogen-bond donors (Lipinski definition) is 3. The molecule has 0 spiro atoms. The van der Waals surface area contributed by atoms with E-state index < -0.39 is 35.3 Å². The average molecular weight is 695 g/mol. The van der Waals surface area contributed by atoms with Crippen LogP contribution in [0.1, 0.15) is 63.1 Å². The maximum atomic E-state index is 16.2. The Morgan fingerprint density at radius 1 is 0.898 bits per heavy atom. The zero-order valence-electron chi connectivity index (χ0n) is 26.4. The first-order valence-corrected chi connectivity index (χ1v) is 16.8. The number of aliphatic carboxylic acids is 1. The Kier molecular flexibility index (Phi) is 11.6. The number of aromatic nitrogens is 1. The van der Waals surface area contributed by atoms with Crippen LogP contribution in [-0.4, -0.2) is 46.7 Å². The van der Waals surface area contributed by atoms with Crippen molar-refractivity contribution in [3.05, 3.63) is 113 Å². The number of amides is 2. The number of carbonyl (C=O) groups is 3. The third kappa shape index (κ3) is 9.38. The Morgan fingerprint density at radius 2 is 1.65 bits per heavy atom. The van der Waals surface area contributed by atoms with Crippen LogP contribution in [-0.2, 0) is 23.3 Å². The fourth-order valence-electron chi connectivity index (χ4n) is 5.47. The smallest absolute Gasteiger partial charge is 0.416 e. The molecule has 3 aromatic carbocycles. The minimum atomic E-state index is -4.55. The molecule has 49 heavy (non-hydrogen) atoms. The van der Waals surface area contributed by atoms with Gasteiger partial charge in [0.2, 0.25) is 0 Å². The summed E-state index contributed by atoms with van der Waals surface area (Å²) in [6.45, 7) is 1.34.